The van der Waals surface area contributed by atoms with Gasteiger partial charge in [0, 0.05) is 38.3 Å². The Balaban J connectivity index is 1.19. The molecule has 4 aromatic rings. The normalized spacial score (nSPS) is 14.3. The molecule has 3 heterocycles. The minimum absolute atomic E-state index is 0.205. The molecule has 180 valence electrons. The third-order valence-electron chi connectivity index (χ3n) is 6.13. The third-order valence-corrected chi connectivity index (χ3v) is 6.13. The standard InChI is InChI=1S/C28H22N2O6/c31-25(11-9-19-17-35-23-7-3-1-5-21(23)27(19)33)29-13-15-30(16-14-29)26(32)12-10-20-18-36-24-8-4-2-6-22(24)28(20)34/h1-12,17-18H,13-16H2/b11-9+,12-10+. The van der Waals surface area contributed by atoms with Crippen LogP contribution in [0.15, 0.2) is 91.6 Å². The molecule has 5 rings (SSSR count). The van der Waals surface area contributed by atoms with E-state index in [2.05, 4.69) is 0 Å². The monoisotopic (exact) mass is 482 g/mol. The zero-order valence-electron chi connectivity index (χ0n) is 19.3. The molecule has 0 aliphatic carbocycles. The van der Waals surface area contributed by atoms with E-state index in [1.807, 2.05) is 0 Å². The molecule has 2 amide bonds. The molecule has 2 aromatic carbocycles. The number of carbonyl (C=O) groups is 2. The third kappa shape index (κ3) is 4.61. The van der Waals surface area contributed by atoms with Crippen LogP contribution >= 0.6 is 0 Å². The molecule has 1 fully saturated rings. The molecule has 36 heavy (non-hydrogen) atoms. The van der Waals surface area contributed by atoms with E-state index in [0.717, 1.165) is 0 Å². The number of fused-ring (bicyclic) bond motifs is 2. The summed E-state index contributed by atoms with van der Waals surface area (Å²) < 4.78 is 10.9. The SMILES string of the molecule is O=C(/C=C/c1coc2ccccc2c1=O)N1CCN(C(=O)/C=C/c2coc3ccccc3c2=O)CC1. The topological polar surface area (TPSA) is 101 Å². The number of benzene rings is 2. The molecule has 2 aromatic heterocycles. The zero-order valence-corrected chi connectivity index (χ0v) is 19.3. The summed E-state index contributed by atoms with van der Waals surface area (Å²) in [6.07, 6.45) is 8.28. The second-order valence-corrected chi connectivity index (χ2v) is 8.35. The number of hydrogen-bond acceptors (Lipinski definition) is 6. The van der Waals surface area contributed by atoms with Crippen LogP contribution < -0.4 is 10.9 Å². The largest absolute Gasteiger partial charge is 0.463 e. The molecule has 1 saturated heterocycles. The van der Waals surface area contributed by atoms with Gasteiger partial charge in [0.2, 0.25) is 11.8 Å². The summed E-state index contributed by atoms with van der Waals surface area (Å²) in [5.41, 5.74) is 1.15. The molecule has 0 radical (unpaired) electrons. The molecule has 0 N–H and O–H groups in total. The highest BCUT2D eigenvalue weighted by Crippen LogP contribution is 2.13. The Labute approximate surface area is 205 Å². The maximum Gasteiger partial charge on any atom is 0.246 e. The Kier molecular flexibility index (Phi) is 6.32. The van der Waals surface area contributed by atoms with Crippen molar-refractivity contribution in [1.29, 1.82) is 0 Å². The predicted molar refractivity (Wildman–Crippen MR) is 136 cm³/mol. The van der Waals surface area contributed by atoms with Gasteiger partial charge in [0.05, 0.1) is 21.9 Å². The number of carbonyl (C=O) groups excluding carboxylic acids is 2. The average Bonchev–Trinajstić information content (AvgIpc) is 2.92. The van der Waals surface area contributed by atoms with Crippen molar-refractivity contribution in [1.82, 2.24) is 9.80 Å². The summed E-state index contributed by atoms with van der Waals surface area (Å²) in [6.45, 7) is 1.42. The highest BCUT2D eigenvalue weighted by molar-refractivity contribution is 5.94. The van der Waals surface area contributed by atoms with Crippen LogP contribution in [0.2, 0.25) is 0 Å². The molecule has 8 nitrogen and oxygen atoms in total. The Bertz CT molecular complexity index is 1510. The molecule has 0 bridgehead atoms. The number of nitrogens with zero attached hydrogens (tertiary/aromatic N) is 2. The van der Waals surface area contributed by atoms with E-state index in [1.165, 1.54) is 36.8 Å². The van der Waals surface area contributed by atoms with Gasteiger partial charge in [-0.05, 0) is 36.4 Å². The van der Waals surface area contributed by atoms with Gasteiger partial charge >= 0.3 is 0 Å². The molecule has 0 spiro atoms. The molecular formula is C28H22N2O6. The van der Waals surface area contributed by atoms with Crippen molar-refractivity contribution in [3.63, 3.8) is 0 Å². The lowest BCUT2D eigenvalue weighted by atomic mass is 10.1. The minimum Gasteiger partial charge on any atom is -0.463 e. The maximum absolute atomic E-state index is 12.6. The van der Waals surface area contributed by atoms with E-state index in [1.54, 1.807) is 58.3 Å². The summed E-state index contributed by atoms with van der Waals surface area (Å²) >= 11 is 0. The van der Waals surface area contributed by atoms with Gasteiger partial charge in [-0.15, -0.1) is 0 Å². The van der Waals surface area contributed by atoms with Crippen LogP contribution in [0.5, 0.6) is 0 Å². The van der Waals surface area contributed by atoms with Crippen molar-refractivity contribution in [2.45, 2.75) is 0 Å². The van der Waals surface area contributed by atoms with Crippen LogP contribution in [0.1, 0.15) is 11.1 Å². The number of rotatable bonds is 4. The van der Waals surface area contributed by atoms with Crippen LogP contribution in [-0.2, 0) is 9.59 Å². The average molecular weight is 482 g/mol. The van der Waals surface area contributed by atoms with Gasteiger partial charge in [-0.1, -0.05) is 24.3 Å². The van der Waals surface area contributed by atoms with Crippen LogP contribution in [0, 0.1) is 0 Å². The number of para-hydroxylation sites is 2. The first kappa shape index (κ1) is 23.0. The van der Waals surface area contributed by atoms with Gasteiger partial charge < -0.3 is 18.6 Å². The van der Waals surface area contributed by atoms with Crippen molar-refractivity contribution in [2.75, 3.05) is 26.2 Å². The van der Waals surface area contributed by atoms with Crippen LogP contribution in [-0.4, -0.2) is 47.8 Å². The van der Waals surface area contributed by atoms with Crippen LogP contribution in [0.3, 0.4) is 0 Å². The zero-order chi connectivity index (χ0) is 25.1. The van der Waals surface area contributed by atoms with Crippen molar-refractivity contribution < 1.29 is 18.4 Å². The molecule has 1 aliphatic rings. The Morgan fingerprint density at radius 1 is 0.639 bits per heavy atom. The summed E-state index contributed by atoms with van der Waals surface area (Å²) in [5.74, 6) is -0.502. The van der Waals surface area contributed by atoms with Crippen LogP contribution in [0.4, 0.5) is 0 Å². The summed E-state index contributed by atoms with van der Waals surface area (Å²) in [5, 5.41) is 0.905. The second-order valence-electron chi connectivity index (χ2n) is 8.35. The Morgan fingerprint density at radius 2 is 1.03 bits per heavy atom. The van der Waals surface area contributed by atoms with E-state index in [-0.39, 0.29) is 22.7 Å². The van der Waals surface area contributed by atoms with Crippen molar-refractivity contribution in [2.24, 2.45) is 0 Å². The van der Waals surface area contributed by atoms with Gasteiger partial charge in [-0.2, -0.15) is 0 Å². The van der Waals surface area contributed by atoms with Crippen LogP contribution in [0.25, 0.3) is 34.1 Å². The van der Waals surface area contributed by atoms with Gasteiger partial charge in [-0.3, -0.25) is 19.2 Å². The summed E-state index contributed by atoms with van der Waals surface area (Å²) in [6, 6.07) is 13.9. The maximum atomic E-state index is 12.6. The van der Waals surface area contributed by atoms with Gasteiger partial charge in [0.1, 0.15) is 23.7 Å². The second kappa shape index (κ2) is 9.87. The highest BCUT2D eigenvalue weighted by atomic mass is 16.3. The Morgan fingerprint density at radius 3 is 1.44 bits per heavy atom. The molecule has 1 aliphatic heterocycles. The predicted octanol–water partition coefficient (Wildman–Crippen LogP) is 3.30. The molecule has 0 saturated carbocycles. The lowest BCUT2D eigenvalue weighted by Crippen LogP contribution is -2.49. The smallest absolute Gasteiger partial charge is 0.246 e. The fourth-order valence-corrected chi connectivity index (χ4v) is 4.10. The first-order chi connectivity index (χ1) is 17.5. The first-order valence-electron chi connectivity index (χ1n) is 11.5. The number of hydrogen-bond donors (Lipinski definition) is 0. The van der Waals surface area contributed by atoms with E-state index < -0.39 is 0 Å². The molecular weight excluding hydrogens is 460 g/mol. The van der Waals surface area contributed by atoms with Crippen molar-refractivity contribution in [3.8, 4) is 0 Å². The van der Waals surface area contributed by atoms with Gasteiger partial charge in [0.25, 0.3) is 0 Å². The quantitative estimate of drug-likeness (QED) is 0.414. The van der Waals surface area contributed by atoms with E-state index in [4.69, 9.17) is 8.83 Å². The first-order valence-corrected chi connectivity index (χ1v) is 11.5. The number of amides is 2. The summed E-state index contributed by atoms with van der Waals surface area (Å²) in [4.78, 5) is 53.6. The fraction of sp³-hybridized carbons (Fsp3) is 0.143. The number of piperazine rings is 1. The highest BCUT2D eigenvalue weighted by Gasteiger charge is 2.22. The van der Waals surface area contributed by atoms with Gasteiger partial charge in [-0.25, -0.2) is 0 Å². The molecule has 0 unspecified atom stereocenters. The van der Waals surface area contributed by atoms with E-state index >= 15 is 0 Å². The minimum atomic E-state index is -0.251. The van der Waals surface area contributed by atoms with Crippen molar-refractivity contribution in [3.05, 3.63) is 105 Å². The van der Waals surface area contributed by atoms with E-state index in [9.17, 15) is 19.2 Å². The van der Waals surface area contributed by atoms with Gasteiger partial charge in [0.15, 0.2) is 10.9 Å². The summed E-state index contributed by atoms with van der Waals surface area (Å²) in [7, 11) is 0. The van der Waals surface area contributed by atoms with E-state index in [0.29, 0.717) is 59.2 Å². The lowest BCUT2D eigenvalue weighted by Gasteiger charge is -2.33. The fourth-order valence-electron chi connectivity index (χ4n) is 4.10. The van der Waals surface area contributed by atoms with Crippen molar-refractivity contribution >= 4 is 45.9 Å². The molecule has 0 atom stereocenters. The lowest BCUT2D eigenvalue weighted by molar-refractivity contribution is -0.133. The Hall–Kier alpha value is -4.72. The molecule has 8 heteroatoms.